The van der Waals surface area contributed by atoms with E-state index in [1.165, 1.54) is 0 Å². The van der Waals surface area contributed by atoms with Crippen molar-refractivity contribution >= 4 is 6.29 Å². The van der Waals surface area contributed by atoms with E-state index in [9.17, 15) is 4.79 Å². The van der Waals surface area contributed by atoms with Crippen molar-refractivity contribution in [2.75, 3.05) is 13.2 Å². The fourth-order valence-corrected chi connectivity index (χ4v) is 1.68. The van der Waals surface area contributed by atoms with Crippen LogP contribution in [-0.4, -0.2) is 31.1 Å². The van der Waals surface area contributed by atoms with Gasteiger partial charge in [-0.3, -0.25) is 10.1 Å². The quantitative estimate of drug-likeness (QED) is 0.539. The van der Waals surface area contributed by atoms with Gasteiger partial charge >= 0.3 is 0 Å². The van der Waals surface area contributed by atoms with Crippen LogP contribution in [0.15, 0.2) is 0 Å². The van der Waals surface area contributed by atoms with Crippen LogP contribution in [0.1, 0.15) is 12.8 Å². The molecule has 55 valence electrons. The molecule has 0 aromatic rings. The summed E-state index contributed by atoms with van der Waals surface area (Å²) in [7, 11) is 0. The normalized spacial score (nSPS) is 45.4. The van der Waals surface area contributed by atoms with Gasteiger partial charge in [0, 0.05) is 6.04 Å². The number of ether oxygens (including phenoxy) is 1. The Morgan fingerprint density at radius 1 is 1.70 bits per heavy atom. The zero-order valence-corrected chi connectivity index (χ0v) is 5.72. The second-order valence-corrected chi connectivity index (χ2v) is 3.08. The van der Waals surface area contributed by atoms with E-state index in [-0.39, 0.29) is 0 Å². The van der Waals surface area contributed by atoms with E-state index in [4.69, 9.17) is 4.74 Å². The first-order chi connectivity index (χ1) is 4.85. The Balaban J connectivity index is 2.16. The number of rotatable bonds is 1. The molecule has 2 unspecified atom stereocenters. The van der Waals surface area contributed by atoms with Crippen molar-refractivity contribution in [3.8, 4) is 0 Å². The zero-order valence-electron chi connectivity index (χ0n) is 5.72. The maximum atomic E-state index is 10.5. The van der Waals surface area contributed by atoms with E-state index in [1.807, 2.05) is 6.29 Å². The monoisotopic (exact) mass is 140 g/mol. The molecule has 2 saturated heterocycles. The maximum Gasteiger partial charge on any atom is 0.222 e. The number of nitrogens with one attached hydrogen (secondary N) is 1. The van der Waals surface area contributed by atoms with Crippen LogP contribution < -0.4 is 5.32 Å². The summed E-state index contributed by atoms with van der Waals surface area (Å²) in [6.45, 7) is 1.26. The summed E-state index contributed by atoms with van der Waals surface area (Å²) in [4.78, 5) is 10.5. The summed E-state index contributed by atoms with van der Waals surface area (Å²) in [6.07, 6.45) is 3.96. The van der Waals surface area contributed by atoms with Crippen molar-refractivity contribution in [2.24, 2.45) is 0 Å². The van der Waals surface area contributed by atoms with Gasteiger partial charge in [-0.2, -0.15) is 0 Å². The predicted molar refractivity (Wildman–Crippen MR) is 35.4 cm³/mol. The first-order valence-electron chi connectivity index (χ1n) is 3.59. The second kappa shape index (κ2) is 2.04. The molecule has 3 heteroatoms. The van der Waals surface area contributed by atoms with E-state index >= 15 is 0 Å². The fraction of sp³-hybridized carbons (Fsp3) is 0.857. The smallest absolute Gasteiger partial charge is 0.222 e. The third-order valence-corrected chi connectivity index (χ3v) is 2.26. The Kier molecular flexibility index (Phi) is 1.28. The molecule has 0 saturated carbocycles. The lowest BCUT2D eigenvalue weighted by atomic mass is 10.0. The minimum Gasteiger partial charge on any atom is -0.377 e. The van der Waals surface area contributed by atoms with Gasteiger partial charge in [-0.25, -0.2) is 0 Å². The highest BCUT2D eigenvalue weighted by atomic mass is 16.5. The lowest BCUT2D eigenvalue weighted by molar-refractivity contribution is 0.0543. The third kappa shape index (κ3) is 0.777. The molecule has 0 aromatic carbocycles. The molecule has 0 amide bonds. The molecular weight excluding hydrogens is 130 g/mol. The highest BCUT2D eigenvalue weighted by Gasteiger charge is 2.42. The first kappa shape index (κ1) is 6.31. The van der Waals surface area contributed by atoms with Crippen LogP contribution >= 0.6 is 0 Å². The van der Waals surface area contributed by atoms with E-state index in [1.54, 1.807) is 0 Å². The molecule has 0 spiro atoms. The van der Waals surface area contributed by atoms with Crippen LogP contribution in [0.25, 0.3) is 0 Å². The van der Waals surface area contributed by atoms with Crippen molar-refractivity contribution < 1.29 is 9.53 Å². The molecule has 2 atom stereocenters. The van der Waals surface area contributed by atoms with Gasteiger partial charge in [-0.1, -0.05) is 0 Å². The Labute approximate surface area is 59.7 Å². The predicted octanol–water partition coefficient (Wildman–Crippen LogP) is -0.383. The van der Waals surface area contributed by atoms with Gasteiger partial charge in [0.1, 0.15) is 5.54 Å². The lowest BCUT2D eigenvalue weighted by Crippen LogP contribution is -2.53. The number of hydrogen-bond acceptors (Lipinski definition) is 3. The van der Waals surface area contributed by atoms with Gasteiger partial charge in [0.05, 0.1) is 13.2 Å². The third-order valence-electron chi connectivity index (χ3n) is 2.26. The highest BCUT2D eigenvalue weighted by molar-refractivity contribution is 5.66. The summed E-state index contributed by atoms with van der Waals surface area (Å²) in [6, 6.07) is 0.398. The van der Waals surface area contributed by atoms with Crippen molar-refractivity contribution in [1.29, 1.82) is 0 Å². The van der Waals surface area contributed by atoms with Gasteiger partial charge in [0.15, 0.2) is 0 Å². The lowest BCUT2D eigenvalue weighted by Gasteiger charge is -2.28. The molecule has 2 aliphatic rings. The van der Waals surface area contributed by atoms with E-state index in [0.717, 1.165) is 19.4 Å². The average molecular weight is 140 g/mol. The van der Waals surface area contributed by atoms with Crippen LogP contribution in [0, 0.1) is 0 Å². The van der Waals surface area contributed by atoms with Crippen LogP contribution in [0.5, 0.6) is 0 Å². The molecule has 2 fully saturated rings. The van der Waals surface area contributed by atoms with Crippen molar-refractivity contribution in [3.63, 3.8) is 0 Å². The number of hydrogen-bond donors (Lipinski definition) is 1. The van der Waals surface area contributed by atoms with Crippen LogP contribution in [0.3, 0.4) is 0 Å². The Bertz CT molecular complexity index is 156. The summed E-state index contributed by atoms with van der Waals surface area (Å²) in [5, 5.41) is 3.20. The zero-order chi connectivity index (χ0) is 7.03. The second-order valence-electron chi connectivity index (χ2n) is 3.08. The summed E-state index contributed by atoms with van der Waals surface area (Å²) in [5.74, 6) is 0. The molecule has 2 rings (SSSR count). The SMILES string of the molecule is O=[C]C12CCC(COC1)N2. The minimum absolute atomic E-state index is 0.398. The van der Waals surface area contributed by atoms with Crippen LogP contribution in [0.4, 0.5) is 0 Å². The maximum absolute atomic E-state index is 10.5. The Hall–Kier alpha value is -0.410. The molecule has 2 aliphatic heterocycles. The van der Waals surface area contributed by atoms with Crippen molar-refractivity contribution in [1.82, 2.24) is 5.32 Å². The molecular formula is C7H10NO2. The van der Waals surface area contributed by atoms with Gasteiger partial charge < -0.3 is 4.74 Å². The standard InChI is InChI=1S/C7H10NO2/c9-4-7-2-1-6(8-7)3-10-5-7/h6,8H,1-3,5H2. The Morgan fingerprint density at radius 2 is 2.60 bits per heavy atom. The Morgan fingerprint density at radius 3 is 3.30 bits per heavy atom. The molecule has 2 heterocycles. The number of carbonyl (C=O) groups excluding carboxylic acids is 1. The van der Waals surface area contributed by atoms with E-state index in [2.05, 4.69) is 5.32 Å². The van der Waals surface area contributed by atoms with Gasteiger partial charge in [-0.15, -0.1) is 0 Å². The molecule has 3 nitrogen and oxygen atoms in total. The molecule has 0 aliphatic carbocycles. The molecule has 1 radical (unpaired) electrons. The molecule has 0 aromatic heterocycles. The van der Waals surface area contributed by atoms with Crippen molar-refractivity contribution in [2.45, 2.75) is 24.4 Å². The van der Waals surface area contributed by atoms with Crippen LogP contribution in [-0.2, 0) is 9.53 Å². The number of morpholine rings is 1. The van der Waals surface area contributed by atoms with Gasteiger partial charge in [-0.05, 0) is 12.8 Å². The summed E-state index contributed by atoms with van der Waals surface area (Å²) < 4.78 is 5.23. The van der Waals surface area contributed by atoms with Crippen LogP contribution in [0.2, 0.25) is 0 Å². The minimum atomic E-state index is -0.442. The molecule has 10 heavy (non-hydrogen) atoms. The average Bonchev–Trinajstić information content (AvgIpc) is 2.29. The van der Waals surface area contributed by atoms with Crippen molar-refractivity contribution in [3.05, 3.63) is 0 Å². The van der Waals surface area contributed by atoms with Gasteiger partial charge in [0.25, 0.3) is 0 Å². The first-order valence-corrected chi connectivity index (χ1v) is 3.59. The highest BCUT2D eigenvalue weighted by Crippen LogP contribution is 2.26. The molecule has 1 N–H and O–H groups in total. The van der Waals surface area contributed by atoms with Gasteiger partial charge in [0.2, 0.25) is 6.29 Å². The summed E-state index contributed by atoms with van der Waals surface area (Å²) in [5.41, 5.74) is -0.442. The molecule has 2 bridgehead atoms. The fourth-order valence-electron chi connectivity index (χ4n) is 1.68. The van der Waals surface area contributed by atoms with E-state index in [0.29, 0.717) is 12.6 Å². The van der Waals surface area contributed by atoms with E-state index < -0.39 is 5.54 Å². The number of fused-ring (bicyclic) bond motifs is 2. The largest absolute Gasteiger partial charge is 0.377 e. The summed E-state index contributed by atoms with van der Waals surface area (Å²) >= 11 is 0. The topological polar surface area (TPSA) is 38.3 Å².